The van der Waals surface area contributed by atoms with Gasteiger partial charge in [-0.2, -0.15) is 0 Å². The van der Waals surface area contributed by atoms with Crippen molar-refractivity contribution in [1.82, 2.24) is 10.4 Å². The van der Waals surface area contributed by atoms with E-state index in [-0.39, 0.29) is 10.6 Å². The molecule has 1 aromatic carbocycles. The fourth-order valence-corrected chi connectivity index (χ4v) is 1.21. The van der Waals surface area contributed by atoms with Crippen LogP contribution in [0, 0.1) is 10.1 Å². The van der Waals surface area contributed by atoms with Crippen LogP contribution in [-0.4, -0.2) is 30.6 Å². The third kappa shape index (κ3) is 4.05. The molecule has 82 valence electrons. The summed E-state index contributed by atoms with van der Waals surface area (Å²) >= 11 is 0. The monoisotopic (exact) mass is 209 g/mol. The smallest absolute Gasteiger partial charge is 0.258 e. The van der Waals surface area contributed by atoms with Crippen LogP contribution in [0.25, 0.3) is 0 Å². The van der Waals surface area contributed by atoms with E-state index in [2.05, 4.69) is 5.43 Å². The second-order valence-electron chi connectivity index (χ2n) is 3.48. The van der Waals surface area contributed by atoms with Gasteiger partial charge in [0.2, 0.25) is 0 Å². The van der Waals surface area contributed by atoms with Gasteiger partial charge in [-0.3, -0.25) is 20.5 Å². The maximum absolute atomic E-state index is 10.4. The Hall–Kier alpha value is -1.46. The normalized spacial score (nSPS) is 10.6. The molecule has 0 aromatic heterocycles. The van der Waals surface area contributed by atoms with E-state index in [1.165, 1.54) is 12.1 Å². The minimum Gasteiger partial charge on any atom is -0.258 e. The number of rotatable bonds is 5. The van der Waals surface area contributed by atoms with Crippen molar-refractivity contribution in [3.05, 3.63) is 39.9 Å². The lowest BCUT2D eigenvalue weighted by molar-refractivity contribution is -0.384. The average Bonchev–Trinajstić information content (AvgIpc) is 2.18. The van der Waals surface area contributed by atoms with Crippen molar-refractivity contribution in [2.45, 2.75) is 6.42 Å². The Labute approximate surface area is 88.8 Å². The number of non-ortho nitro benzene ring substituents is 1. The van der Waals surface area contributed by atoms with E-state index >= 15 is 0 Å². The zero-order valence-corrected chi connectivity index (χ0v) is 8.93. The maximum Gasteiger partial charge on any atom is 0.269 e. The van der Waals surface area contributed by atoms with Gasteiger partial charge in [0, 0.05) is 32.8 Å². The Kier molecular flexibility index (Phi) is 4.20. The molecule has 0 amide bonds. The van der Waals surface area contributed by atoms with Gasteiger partial charge >= 0.3 is 0 Å². The van der Waals surface area contributed by atoms with Crippen LogP contribution in [0.4, 0.5) is 5.69 Å². The van der Waals surface area contributed by atoms with E-state index in [9.17, 15) is 10.1 Å². The number of nitrogens with one attached hydrogen (secondary N) is 1. The molecule has 0 bridgehead atoms. The fraction of sp³-hybridized carbons (Fsp3) is 0.400. The van der Waals surface area contributed by atoms with Crippen LogP contribution in [-0.2, 0) is 6.42 Å². The largest absolute Gasteiger partial charge is 0.269 e. The lowest BCUT2D eigenvalue weighted by atomic mass is 10.1. The minimum atomic E-state index is -0.387. The number of hydrogen-bond acceptors (Lipinski definition) is 4. The third-order valence-electron chi connectivity index (χ3n) is 1.99. The molecule has 0 saturated carbocycles. The molecule has 5 heteroatoms. The van der Waals surface area contributed by atoms with Gasteiger partial charge in [-0.1, -0.05) is 12.1 Å². The second-order valence-corrected chi connectivity index (χ2v) is 3.48. The summed E-state index contributed by atoms with van der Waals surface area (Å²) in [5.41, 5.74) is 4.36. The Morgan fingerprint density at radius 2 is 1.93 bits per heavy atom. The SMILES string of the molecule is CN(C)NCCc1ccc([N+](=O)[O-])cc1. The van der Waals surface area contributed by atoms with Crippen LogP contribution < -0.4 is 5.43 Å². The molecular formula is C10H15N3O2. The quantitative estimate of drug-likeness (QED) is 0.585. The van der Waals surface area contributed by atoms with Crippen molar-refractivity contribution in [2.75, 3.05) is 20.6 Å². The highest BCUT2D eigenvalue weighted by Gasteiger charge is 2.03. The van der Waals surface area contributed by atoms with E-state index in [1.807, 2.05) is 19.1 Å². The van der Waals surface area contributed by atoms with Crippen molar-refractivity contribution >= 4 is 5.69 Å². The molecule has 0 heterocycles. The highest BCUT2D eigenvalue weighted by Crippen LogP contribution is 2.11. The topological polar surface area (TPSA) is 58.4 Å². The molecule has 0 aliphatic heterocycles. The van der Waals surface area contributed by atoms with Crippen molar-refractivity contribution in [3.8, 4) is 0 Å². The number of nitrogens with zero attached hydrogens (tertiary/aromatic N) is 2. The Balaban J connectivity index is 2.46. The summed E-state index contributed by atoms with van der Waals surface area (Å²) in [6.45, 7) is 0.824. The fourth-order valence-electron chi connectivity index (χ4n) is 1.21. The summed E-state index contributed by atoms with van der Waals surface area (Å²) in [5.74, 6) is 0. The van der Waals surface area contributed by atoms with Crippen LogP contribution >= 0.6 is 0 Å². The first kappa shape index (κ1) is 11.6. The first-order valence-corrected chi connectivity index (χ1v) is 4.74. The van der Waals surface area contributed by atoms with Gasteiger partial charge in [0.1, 0.15) is 0 Å². The molecule has 0 atom stereocenters. The third-order valence-corrected chi connectivity index (χ3v) is 1.99. The minimum absolute atomic E-state index is 0.138. The summed E-state index contributed by atoms with van der Waals surface area (Å²) in [5, 5.41) is 12.3. The van der Waals surface area contributed by atoms with E-state index in [0.717, 1.165) is 18.5 Å². The second kappa shape index (κ2) is 5.43. The zero-order valence-electron chi connectivity index (χ0n) is 8.93. The zero-order chi connectivity index (χ0) is 11.3. The van der Waals surface area contributed by atoms with Crippen molar-refractivity contribution in [2.24, 2.45) is 0 Å². The number of hydrogen-bond donors (Lipinski definition) is 1. The molecule has 0 fully saturated rings. The van der Waals surface area contributed by atoms with Crippen molar-refractivity contribution in [1.29, 1.82) is 0 Å². The average molecular weight is 209 g/mol. The summed E-state index contributed by atoms with van der Waals surface area (Å²) in [6, 6.07) is 6.64. The number of nitro groups is 1. The lowest BCUT2D eigenvalue weighted by Gasteiger charge is -2.11. The molecule has 5 nitrogen and oxygen atoms in total. The van der Waals surface area contributed by atoms with Crippen LogP contribution in [0.5, 0.6) is 0 Å². The highest BCUT2D eigenvalue weighted by atomic mass is 16.6. The van der Waals surface area contributed by atoms with Crippen LogP contribution in [0.3, 0.4) is 0 Å². The van der Waals surface area contributed by atoms with Gasteiger partial charge < -0.3 is 0 Å². The predicted molar refractivity (Wildman–Crippen MR) is 58.5 cm³/mol. The van der Waals surface area contributed by atoms with Gasteiger partial charge in [-0.05, 0) is 12.0 Å². The maximum atomic E-state index is 10.4. The predicted octanol–water partition coefficient (Wildman–Crippen LogP) is 1.20. The summed E-state index contributed by atoms with van der Waals surface area (Å²) < 4.78 is 0. The number of benzene rings is 1. The van der Waals surface area contributed by atoms with Crippen LogP contribution in [0.1, 0.15) is 5.56 Å². The number of hydrazine groups is 1. The Morgan fingerprint density at radius 1 is 1.33 bits per heavy atom. The number of nitro benzene ring substituents is 1. The van der Waals surface area contributed by atoms with Crippen molar-refractivity contribution < 1.29 is 4.92 Å². The van der Waals surface area contributed by atoms with Crippen LogP contribution in [0.2, 0.25) is 0 Å². The molecule has 0 aliphatic rings. The molecule has 15 heavy (non-hydrogen) atoms. The Morgan fingerprint density at radius 3 is 2.40 bits per heavy atom. The summed E-state index contributed by atoms with van der Waals surface area (Å²) in [6.07, 6.45) is 0.857. The van der Waals surface area contributed by atoms with Gasteiger partial charge in [0.05, 0.1) is 4.92 Å². The van der Waals surface area contributed by atoms with Gasteiger partial charge in [0.15, 0.2) is 0 Å². The first-order chi connectivity index (χ1) is 7.09. The summed E-state index contributed by atoms with van der Waals surface area (Å²) in [4.78, 5) is 10.0. The lowest BCUT2D eigenvalue weighted by Crippen LogP contribution is -2.31. The molecule has 0 unspecified atom stereocenters. The summed E-state index contributed by atoms with van der Waals surface area (Å²) in [7, 11) is 3.85. The molecule has 0 radical (unpaired) electrons. The standard InChI is InChI=1S/C10H15N3O2/c1-12(2)11-8-7-9-3-5-10(6-4-9)13(14)15/h3-6,11H,7-8H2,1-2H3. The molecule has 1 aromatic rings. The molecular weight excluding hydrogens is 194 g/mol. The van der Waals surface area contributed by atoms with Crippen molar-refractivity contribution in [3.63, 3.8) is 0 Å². The molecule has 1 N–H and O–H groups in total. The van der Waals surface area contributed by atoms with E-state index in [1.54, 1.807) is 12.1 Å². The van der Waals surface area contributed by atoms with Gasteiger partial charge in [0.25, 0.3) is 5.69 Å². The van der Waals surface area contributed by atoms with E-state index < -0.39 is 0 Å². The molecule has 0 saturated heterocycles. The first-order valence-electron chi connectivity index (χ1n) is 4.74. The van der Waals surface area contributed by atoms with E-state index in [0.29, 0.717) is 0 Å². The highest BCUT2D eigenvalue weighted by molar-refractivity contribution is 5.32. The Bertz CT molecular complexity index is 322. The van der Waals surface area contributed by atoms with Crippen LogP contribution in [0.15, 0.2) is 24.3 Å². The molecule has 0 spiro atoms. The van der Waals surface area contributed by atoms with E-state index in [4.69, 9.17) is 0 Å². The van der Waals surface area contributed by atoms with Gasteiger partial charge in [-0.15, -0.1) is 0 Å². The van der Waals surface area contributed by atoms with Gasteiger partial charge in [-0.25, -0.2) is 0 Å². The molecule has 0 aliphatic carbocycles. The molecule has 1 rings (SSSR count).